The second-order valence-electron chi connectivity index (χ2n) is 7.46. The summed E-state index contributed by atoms with van der Waals surface area (Å²) in [6.07, 6.45) is 1.26. The van der Waals surface area contributed by atoms with Gasteiger partial charge in [-0.05, 0) is 49.4 Å². The van der Waals surface area contributed by atoms with Crippen LogP contribution in [-0.2, 0) is 9.59 Å². The second-order valence-corrected chi connectivity index (χ2v) is 9.35. The molecular weight excluding hydrogens is 574 g/mol. The van der Waals surface area contributed by atoms with Gasteiger partial charge >= 0.3 is 17.8 Å². The van der Waals surface area contributed by atoms with Gasteiger partial charge < -0.3 is 9.47 Å². The molecule has 4 aromatic rings. The van der Waals surface area contributed by atoms with Crippen LogP contribution in [0.4, 0.5) is 5.13 Å². The van der Waals surface area contributed by atoms with Crippen LogP contribution in [0.2, 0.25) is 0 Å². The first-order valence-corrected chi connectivity index (χ1v) is 12.8. The van der Waals surface area contributed by atoms with Gasteiger partial charge in [0.25, 0.3) is 0 Å². The number of aromatic nitrogens is 2. The minimum atomic E-state index is -1.01. The molecule has 0 bridgehead atoms. The van der Waals surface area contributed by atoms with Crippen LogP contribution in [0.5, 0.6) is 11.5 Å². The van der Waals surface area contributed by atoms with Crippen LogP contribution < -0.4 is 20.2 Å². The Labute approximate surface area is 229 Å². The predicted octanol–water partition coefficient (Wildman–Crippen LogP) is 4.67. The van der Waals surface area contributed by atoms with Crippen molar-refractivity contribution in [1.29, 1.82) is 0 Å². The van der Waals surface area contributed by atoms with Crippen LogP contribution >= 0.6 is 27.3 Å². The minimum Gasteiger partial charge on any atom is -0.494 e. The minimum absolute atomic E-state index is 0.170. The van der Waals surface area contributed by atoms with E-state index in [1.165, 1.54) is 6.21 Å². The molecule has 0 aliphatic rings. The van der Waals surface area contributed by atoms with E-state index in [0.717, 1.165) is 16.9 Å². The molecule has 0 fully saturated rings. The summed E-state index contributed by atoms with van der Waals surface area (Å²) >= 11 is 4.48. The Hall–Kier alpha value is -4.42. The predicted molar refractivity (Wildman–Crippen MR) is 146 cm³/mol. The normalized spacial score (nSPS) is 10.7. The van der Waals surface area contributed by atoms with Crippen molar-refractivity contribution in [1.82, 2.24) is 15.6 Å². The molecule has 0 saturated carbocycles. The van der Waals surface area contributed by atoms with Gasteiger partial charge in [-0.25, -0.2) is 10.2 Å². The number of benzene rings is 3. The fraction of sp³-hybridized carbons (Fsp3) is 0.0769. The summed E-state index contributed by atoms with van der Waals surface area (Å²) in [4.78, 5) is 37.1. The number of halogens is 1. The number of ether oxygens (including phenoxy) is 2. The van der Waals surface area contributed by atoms with Crippen LogP contribution in [0.15, 0.2) is 82.4 Å². The van der Waals surface area contributed by atoms with Crippen molar-refractivity contribution < 1.29 is 23.9 Å². The number of amides is 2. The van der Waals surface area contributed by atoms with Crippen molar-refractivity contribution in [3.8, 4) is 22.1 Å². The van der Waals surface area contributed by atoms with Gasteiger partial charge in [0.2, 0.25) is 5.13 Å². The van der Waals surface area contributed by atoms with Crippen molar-refractivity contribution in [3.05, 3.63) is 88.4 Å². The van der Waals surface area contributed by atoms with Crippen LogP contribution in [0.3, 0.4) is 0 Å². The van der Waals surface area contributed by atoms with E-state index in [2.05, 4.69) is 42.0 Å². The van der Waals surface area contributed by atoms with E-state index in [4.69, 9.17) is 9.47 Å². The number of carbonyl (C=O) groups excluding carboxylic acids is 3. The molecule has 0 spiro atoms. The third kappa shape index (κ3) is 7.08. The molecule has 4 rings (SSSR count). The largest absolute Gasteiger partial charge is 0.494 e. The molecule has 0 aliphatic carbocycles. The van der Waals surface area contributed by atoms with E-state index < -0.39 is 17.8 Å². The molecule has 2 amide bonds. The SMILES string of the molecule is CCOc1ccc(C(=O)Oc2ccc(Br)cc2C=NNC(=O)C(=O)Nc2nnc(-c3ccccc3)s2)cc1. The van der Waals surface area contributed by atoms with Crippen LogP contribution in [0.25, 0.3) is 10.6 Å². The van der Waals surface area contributed by atoms with Gasteiger partial charge in [0.05, 0.1) is 18.4 Å². The molecule has 38 heavy (non-hydrogen) atoms. The summed E-state index contributed by atoms with van der Waals surface area (Å²) in [5.41, 5.74) is 3.70. The molecule has 12 heteroatoms. The van der Waals surface area contributed by atoms with E-state index in [9.17, 15) is 14.4 Å². The van der Waals surface area contributed by atoms with Crippen molar-refractivity contribution >= 4 is 56.4 Å². The van der Waals surface area contributed by atoms with Gasteiger partial charge in [-0.1, -0.05) is 57.6 Å². The fourth-order valence-electron chi connectivity index (χ4n) is 3.06. The first-order valence-electron chi connectivity index (χ1n) is 11.2. The number of nitrogens with zero attached hydrogens (tertiary/aromatic N) is 3. The molecule has 10 nitrogen and oxygen atoms in total. The molecule has 3 aromatic carbocycles. The standard InChI is InChI=1S/C26H20BrN5O5S/c1-2-36-20-11-8-17(9-12-20)25(35)37-21-13-10-19(27)14-18(21)15-28-30-23(34)22(33)29-26-32-31-24(38-26)16-6-4-3-5-7-16/h3-15H,2H2,1H3,(H,30,34)(H,29,32,33). The lowest BCUT2D eigenvalue weighted by molar-refractivity contribution is -0.136. The smallest absolute Gasteiger partial charge is 0.343 e. The number of hydrazone groups is 1. The molecule has 2 N–H and O–H groups in total. The van der Waals surface area contributed by atoms with Gasteiger partial charge in [0.15, 0.2) is 0 Å². The third-order valence-electron chi connectivity index (χ3n) is 4.82. The number of rotatable bonds is 8. The zero-order valence-corrected chi connectivity index (χ0v) is 22.3. The van der Waals surface area contributed by atoms with E-state index in [1.54, 1.807) is 42.5 Å². The molecule has 0 unspecified atom stereocenters. The van der Waals surface area contributed by atoms with Crippen LogP contribution in [-0.4, -0.2) is 40.8 Å². The monoisotopic (exact) mass is 593 g/mol. The van der Waals surface area contributed by atoms with Crippen molar-refractivity contribution in [2.45, 2.75) is 6.92 Å². The Morgan fingerprint density at radius 3 is 2.50 bits per heavy atom. The average molecular weight is 594 g/mol. The van der Waals surface area contributed by atoms with Gasteiger partial charge in [0.1, 0.15) is 16.5 Å². The molecule has 0 radical (unpaired) electrons. The Balaban J connectivity index is 1.37. The quantitative estimate of drug-likeness (QED) is 0.0996. The highest BCUT2D eigenvalue weighted by molar-refractivity contribution is 9.10. The summed E-state index contributed by atoms with van der Waals surface area (Å²) in [5, 5.41) is 14.9. The molecular formula is C26H20BrN5O5S. The highest BCUT2D eigenvalue weighted by Gasteiger charge is 2.17. The zero-order valence-electron chi connectivity index (χ0n) is 19.9. The number of nitrogens with one attached hydrogen (secondary N) is 2. The first kappa shape index (κ1) is 26.6. The topological polar surface area (TPSA) is 132 Å². The molecule has 1 heterocycles. The van der Waals surface area contributed by atoms with E-state index >= 15 is 0 Å². The maximum absolute atomic E-state index is 12.6. The maximum Gasteiger partial charge on any atom is 0.343 e. The lowest BCUT2D eigenvalue weighted by atomic mass is 10.2. The van der Waals surface area contributed by atoms with Crippen molar-refractivity contribution in [3.63, 3.8) is 0 Å². The highest BCUT2D eigenvalue weighted by atomic mass is 79.9. The fourth-order valence-corrected chi connectivity index (χ4v) is 4.18. The van der Waals surface area contributed by atoms with Crippen LogP contribution in [0, 0.1) is 0 Å². The Kier molecular flexibility index (Phi) is 8.90. The Morgan fingerprint density at radius 1 is 1.00 bits per heavy atom. The summed E-state index contributed by atoms with van der Waals surface area (Å²) in [6.45, 7) is 2.38. The maximum atomic E-state index is 12.6. The number of carbonyl (C=O) groups is 3. The number of anilines is 1. The molecule has 192 valence electrons. The lowest BCUT2D eigenvalue weighted by Crippen LogP contribution is -2.32. The summed E-state index contributed by atoms with van der Waals surface area (Å²) in [5.74, 6) is -1.71. The number of hydrogen-bond donors (Lipinski definition) is 2. The number of esters is 1. The molecule has 1 aromatic heterocycles. The van der Waals surface area contributed by atoms with E-state index in [1.807, 2.05) is 37.3 Å². The number of hydrogen-bond acceptors (Lipinski definition) is 9. The van der Waals surface area contributed by atoms with E-state index in [-0.39, 0.29) is 10.9 Å². The lowest BCUT2D eigenvalue weighted by Gasteiger charge is -2.09. The Bertz CT molecular complexity index is 1480. The van der Waals surface area contributed by atoms with E-state index in [0.29, 0.717) is 33.0 Å². The summed E-state index contributed by atoms with van der Waals surface area (Å²) in [6, 6.07) is 20.8. The van der Waals surface area contributed by atoms with Crippen molar-refractivity contribution in [2.75, 3.05) is 11.9 Å². The van der Waals surface area contributed by atoms with Crippen molar-refractivity contribution in [2.24, 2.45) is 5.10 Å². The third-order valence-corrected chi connectivity index (χ3v) is 6.20. The Morgan fingerprint density at radius 2 is 1.76 bits per heavy atom. The summed E-state index contributed by atoms with van der Waals surface area (Å²) in [7, 11) is 0. The van der Waals surface area contributed by atoms with Gasteiger partial charge in [0, 0.05) is 15.6 Å². The van der Waals surface area contributed by atoms with Crippen LogP contribution in [0.1, 0.15) is 22.8 Å². The zero-order chi connectivity index (χ0) is 26.9. The molecule has 0 atom stereocenters. The van der Waals surface area contributed by atoms with Gasteiger partial charge in [-0.2, -0.15) is 5.10 Å². The average Bonchev–Trinajstić information content (AvgIpc) is 3.39. The summed E-state index contributed by atoms with van der Waals surface area (Å²) < 4.78 is 11.6. The van der Waals surface area contributed by atoms with Gasteiger partial charge in [-0.3, -0.25) is 14.9 Å². The molecule has 0 saturated heterocycles. The molecule has 0 aliphatic heterocycles. The first-order chi connectivity index (χ1) is 18.4. The van der Waals surface area contributed by atoms with Gasteiger partial charge in [-0.15, -0.1) is 10.2 Å². The second kappa shape index (κ2) is 12.7. The highest BCUT2D eigenvalue weighted by Crippen LogP contribution is 2.26.